The number of Topliss-reactive ketones (excluding diaryl/α,β-unsaturated/α-hetero) is 1. The molecule has 0 heterocycles. The molecule has 0 radical (unpaired) electrons. The second-order valence-corrected chi connectivity index (χ2v) is 4.93. The Morgan fingerprint density at radius 1 is 1.20 bits per heavy atom. The minimum Gasteiger partial charge on any atom is -0.460 e. The topological polar surface area (TPSA) is 127 Å². The monoisotopic (exact) mass is 349 g/mol. The first kappa shape index (κ1) is 20.0. The maximum absolute atomic E-state index is 12.0. The summed E-state index contributed by atoms with van der Waals surface area (Å²) < 4.78 is 14.3. The summed E-state index contributed by atoms with van der Waals surface area (Å²) in [6, 6.07) is 8.28. The Bertz CT molecular complexity index is 655. The fraction of sp³-hybridized carbons (Fsp3) is 0.375. The summed E-state index contributed by atoms with van der Waals surface area (Å²) in [5.41, 5.74) is 8.80. The van der Waals surface area contributed by atoms with Gasteiger partial charge in [0.05, 0.1) is 19.8 Å². The molecular formula is C16H19N3O6. The van der Waals surface area contributed by atoms with E-state index in [2.05, 4.69) is 14.8 Å². The van der Waals surface area contributed by atoms with Crippen LogP contribution in [0.2, 0.25) is 0 Å². The van der Waals surface area contributed by atoms with Crippen molar-refractivity contribution in [2.75, 3.05) is 20.8 Å². The van der Waals surface area contributed by atoms with Crippen molar-refractivity contribution < 1.29 is 33.4 Å². The summed E-state index contributed by atoms with van der Waals surface area (Å²) in [5, 5.41) is 2.46. The molecular weight excluding hydrogens is 330 g/mol. The Morgan fingerprint density at radius 2 is 1.88 bits per heavy atom. The summed E-state index contributed by atoms with van der Waals surface area (Å²) >= 11 is 0. The lowest BCUT2D eigenvalue weighted by Gasteiger charge is -2.16. The van der Waals surface area contributed by atoms with Gasteiger partial charge in [-0.25, -0.2) is 9.59 Å². The number of carbonyl (C=O) groups is 3. The zero-order valence-electron chi connectivity index (χ0n) is 13.9. The molecule has 1 rings (SSSR count). The van der Waals surface area contributed by atoms with E-state index in [9.17, 15) is 14.4 Å². The van der Waals surface area contributed by atoms with Crippen molar-refractivity contribution >= 4 is 23.6 Å². The van der Waals surface area contributed by atoms with Gasteiger partial charge in [0.2, 0.25) is 0 Å². The number of ketones is 1. The van der Waals surface area contributed by atoms with E-state index in [1.807, 2.05) is 18.2 Å². The van der Waals surface area contributed by atoms with Crippen LogP contribution >= 0.6 is 0 Å². The number of esters is 1. The van der Waals surface area contributed by atoms with Crippen LogP contribution in [0.5, 0.6) is 0 Å². The summed E-state index contributed by atoms with van der Waals surface area (Å²) in [5.74, 6) is -1.88. The number of hydrogen-bond donors (Lipinski definition) is 1. The standard InChI is InChI=1S/C16H19N3O6/c1-23-10-12(8-13(20)14(19-17)15(21)24-2)18-16(22)25-9-11-6-4-3-5-7-11/h3-7,12H,8-10H2,1-2H3,(H,18,22)/t12-/m0/s1. The molecule has 1 atom stereocenters. The third-order valence-corrected chi connectivity index (χ3v) is 3.08. The molecule has 0 saturated heterocycles. The summed E-state index contributed by atoms with van der Waals surface area (Å²) in [4.78, 5) is 37.8. The van der Waals surface area contributed by atoms with Gasteiger partial charge in [-0.3, -0.25) is 4.79 Å². The number of alkyl carbamates (subject to hydrolysis) is 1. The molecule has 0 fully saturated rings. The molecule has 9 nitrogen and oxygen atoms in total. The molecule has 0 saturated carbocycles. The van der Waals surface area contributed by atoms with Crippen molar-refractivity contribution in [2.45, 2.75) is 19.1 Å². The number of nitrogens with zero attached hydrogens (tertiary/aromatic N) is 2. The number of ether oxygens (including phenoxy) is 3. The third-order valence-electron chi connectivity index (χ3n) is 3.08. The molecule has 1 amide bonds. The van der Waals surface area contributed by atoms with E-state index in [-0.39, 0.29) is 19.6 Å². The van der Waals surface area contributed by atoms with Crippen LogP contribution in [0.1, 0.15) is 12.0 Å². The third kappa shape index (κ3) is 6.94. The Hall–Kier alpha value is -3.03. The van der Waals surface area contributed by atoms with Crippen molar-refractivity contribution in [2.24, 2.45) is 0 Å². The number of methoxy groups -OCH3 is 2. The highest BCUT2D eigenvalue weighted by molar-refractivity contribution is 6.62. The SMILES string of the molecule is COC[C@H](CC(=O)C(=[N+]=[N-])C(=O)OC)NC(=O)OCc1ccccc1. The van der Waals surface area contributed by atoms with Gasteiger partial charge in [-0.2, -0.15) is 4.79 Å². The van der Waals surface area contributed by atoms with Crippen molar-refractivity contribution in [1.82, 2.24) is 5.32 Å². The Morgan fingerprint density at radius 3 is 2.44 bits per heavy atom. The molecule has 0 spiro atoms. The maximum Gasteiger partial charge on any atom is 0.441 e. The van der Waals surface area contributed by atoms with Gasteiger partial charge in [-0.1, -0.05) is 30.3 Å². The quantitative estimate of drug-likeness (QED) is 0.230. The van der Waals surface area contributed by atoms with Crippen LogP contribution in [-0.4, -0.2) is 55.2 Å². The van der Waals surface area contributed by atoms with E-state index in [4.69, 9.17) is 15.0 Å². The molecule has 9 heteroatoms. The number of hydrogen-bond acceptors (Lipinski definition) is 6. The van der Waals surface area contributed by atoms with E-state index in [1.54, 1.807) is 12.1 Å². The molecule has 0 aliphatic heterocycles. The lowest BCUT2D eigenvalue weighted by atomic mass is 10.1. The van der Waals surface area contributed by atoms with Crippen LogP contribution in [-0.2, 0) is 30.4 Å². The first-order chi connectivity index (χ1) is 12.0. The van der Waals surface area contributed by atoms with E-state index in [0.29, 0.717) is 0 Å². The van der Waals surface area contributed by atoms with Gasteiger partial charge >= 0.3 is 17.8 Å². The smallest absolute Gasteiger partial charge is 0.441 e. The Kier molecular flexibility index (Phi) is 8.56. The zero-order valence-corrected chi connectivity index (χ0v) is 13.9. The molecule has 0 aliphatic rings. The van der Waals surface area contributed by atoms with Crippen molar-refractivity contribution in [3.05, 3.63) is 41.4 Å². The largest absolute Gasteiger partial charge is 0.460 e. The van der Waals surface area contributed by atoms with Crippen LogP contribution in [0.3, 0.4) is 0 Å². The average Bonchev–Trinajstić information content (AvgIpc) is 2.61. The van der Waals surface area contributed by atoms with Gasteiger partial charge in [0.15, 0.2) is 0 Å². The molecule has 1 aromatic rings. The van der Waals surface area contributed by atoms with Crippen LogP contribution < -0.4 is 5.32 Å². The van der Waals surface area contributed by atoms with Crippen molar-refractivity contribution in [3.63, 3.8) is 0 Å². The fourth-order valence-corrected chi connectivity index (χ4v) is 1.91. The van der Waals surface area contributed by atoms with Crippen molar-refractivity contribution in [3.8, 4) is 0 Å². The molecule has 0 aliphatic carbocycles. The Labute approximate surface area is 144 Å². The molecule has 1 aromatic carbocycles. The molecule has 1 N–H and O–H groups in total. The molecule has 0 aromatic heterocycles. The van der Waals surface area contributed by atoms with Gasteiger partial charge in [-0.05, 0) is 5.56 Å². The first-order valence-corrected chi connectivity index (χ1v) is 7.31. The first-order valence-electron chi connectivity index (χ1n) is 7.31. The molecule has 134 valence electrons. The van der Waals surface area contributed by atoms with Crippen LogP contribution in [0, 0.1) is 0 Å². The highest BCUT2D eigenvalue weighted by Gasteiger charge is 2.32. The second kappa shape index (κ2) is 10.7. The fourth-order valence-electron chi connectivity index (χ4n) is 1.91. The minimum atomic E-state index is -1.07. The van der Waals surface area contributed by atoms with Gasteiger partial charge in [-0.15, -0.1) is 0 Å². The summed E-state index contributed by atoms with van der Waals surface area (Å²) in [6.07, 6.45) is -1.08. The minimum absolute atomic E-state index is 0.00788. The lowest BCUT2D eigenvalue weighted by Crippen LogP contribution is -2.42. The summed E-state index contributed by atoms with van der Waals surface area (Å²) in [7, 11) is 2.43. The van der Waals surface area contributed by atoms with Gasteiger partial charge in [0.25, 0.3) is 5.78 Å². The number of rotatable bonds is 9. The zero-order chi connectivity index (χ0) is 18.7. The molecule has 0 unspecified atom stereocenters. The second-order valence-electron chi connectivity index (χ2n) is 4.93. The predicted octanol–water partition coefficient (Wildman–Crippen LogP) is 0.731. The Balaban J connectivity index is 2.60. The highest BCUT2D eigenvalue weighted by atomic mass is 16.5. The van der Waals surface area contributed by atoms with Gasteiger partial charge in [0.1, 0.15) is 6.61 Å². The van der Waals surface area contributed by atoms with Crippen LogP contribution in [0.25, 0.3) is 5.53 Å². The summed E-state index contributed by atoms with van der Waals surface area (Å²) in [6.45, 7) is 0.0535. The lowest BCUT2D eigenvalue weighted by molar-refractivity contribution is -0.139. The van der Waals surface area contributed by atoms with Gasteiger partial charge in [0, 0.05) is 13.5 Å². The van der Waals surface area contributed by atoms with E-state index in [0.717, 1.165) is 12.7 Å². The van der Waals surface area contributed by atoms with Crippen LogP contribution in [0.15, 0.2) is 30.3 Å². The van der Waals surface area contributed by atoms with E-state index in [1.165, 1.54) is 7.11 Å². The highest BCUT2D eigenvalue weighted by Crippen LogP contribution is 2.02. The van der Waals surface area contributed by atoms with Gasteiger partial charge < -0.3 is 25.1 Å². The number of benzene rings is 1. The normalized spacial score (nSPS) is 11.0. The van der Waals surface area contributed by atoms with E-state index >= 15 is 0 Å². The van der Waals surface area contributed by atoms with Crippen molar-refractivity contribution in [1.29, 1.82) is 0 Å². The number of carbonyl (C=O) groups excluding carboxylic acids is 3. The average molecular weight is 349 g/mol. The van der Waals surface area contributed by atoms with Crippen LogP contribution in [0.4, 0.5) is 4.79 Å². The number of nitrogens with one attached hydrogen (secondary N) is 1. The number of amides is 1. The van der Waals surface area contributed by atoms with E-state index < -0.39 is 29.6 Å². The molecule has 25 heavy (non-hydrogen) atoms. The maximum atomic E-state index is 12.0. The molecule has 0 bridgehead atoms. The predicted molar refractivity (Wildman–Crippen MR) is 85.7 cm³/mol.